The first kappa shape index (κ1) is 36.0. The van der Waals surface area contributed by atoms with Crippen molar-refractivity contribution in [2.24, 2.45) is 10.8 Å². The highest BCUT2D eigenvalue weighted by Crippen LogP contribution is 2.30. The molecular formula is C34H49N5O3. The maximum atomic E-state index is 12.3. The summed E-state index contributed by atoms with van der Waals surface area (Å²) in [5, 5.41) is 7.47. The van der Waals surface area contributed by atoms with E-state index in [1.54, 1.807) is 14.2 Å². The second-order valence-electron chi connectivity index (χ2n) is 10.1. The number of hydrogen-bond donors (Lipinski definition) is 3. The Bertz CT molecular complexity index is 1220. The van der Waals surface area contributed by atoms with Gasteiger partial charge in [0, 0.05) is 38.1 Å². The molecule has 1 atom stereocenters. The van der Waals surface area contributed by atoms with Crippen LogP contribution >= 0.6 is 0 Å². The number of carbonyl (C=O) groups is 2. The number of nitrogens with zero attached hydrogens (tertiary/aromatic N) is 2. The van der Waals surface area contributed by atoms with Crippen LogP contribution in [0.2, 0.25) is 0 Å². The molecule has 1 aromatic heterocycles. The molecule has 8 nitrogen and oxygen atoms in total. The largest absolute Gasteiger partial charge is 0.381 e. The zero-order valence-corrected chi connectivity index (χ0v) is 26.1. The molecule has 0 spiro atoms. The number of aryl methyl sites for hydroxylation is 1. The molecule has 4 N–H and O–H groups in total. The van der Waals surface area contributed by atoms with Crippen LogP contribution in [0.5, 0.6) is 0 Å². The van der Waals surface area contributed by atoms with Gasteiger partial charge in [0.2, 0.25) is 0 Å². The van der Waals surface area contributed by atoms with E-state index in [1.807, 2.05) is 48.9 Å². The van der Waals surface area contributed by atoms with Gasteiger partial charge in [-0.15, -0.1) is 0 Å². The third-order valence-corrected chi connectivity index (χ3v) is 6.69. The summed E-state index contributed by atoms with van der Waals surface area (Å²) >= 11 is 0. The van der Waals surface area contributed by atoms with E-state index in [1.165, 1.54) is 11.1 Å². The number of ether oxygens (including phenoxy) is 1. The molecule has 42 heavy (non-hydrogen) atoms. The Balaban J connectivity index is 0.000000841. The van der Waals surface area contributed by atoms with Gasteiger partial charge in [0.05, 0.1) is 6.61 Å². The molecule has 0 aliphatic heterocycles. The lowest BCUT2D eigenvalue weighted by molar-refractivity contribution is -0.0980. The van der Waals surface area contributed by atoms with Crippen molar-refractivity contribution in [1.29, 1.82) is 0 Å². The first-order valence-corrected chi connectivity index (χ1v) is 14.3. The standard InChI is InChI=1S/C26H39N5O2.C7H8.CH2O/c1-19(2)20-11-13-22(14-12-20)31-17-23(24(18-32)25(31)26(27)30-29-4)21(16-28-3)10-8-6-7-9-15-33-5;1-7-5-3-2-4-6-7;1-2/h7,9,11-14,17-19,21,28-29H,6,8,10,15-16H2,1-5H3,(H2,27,30);2-6H,1H3;1H2/b9-7+;;. The summed E-state index contributed by atoms with van der Waals surface area (Å²) in [5.41, 5.74) is 14.8. The Morgan fingerprint density at radius 2 is 1.74 bits per heavy atom. The van der Waals surface area contributed by atoms with E-state index in [9.17, 15) is 4.79 Å². The molecule has 3 rings (SSSR count). The van der Waals surface area contributed by atoms with Crippen LogP contribution in [-0.4, -0.2) is 57.8 Å². The second kappa shape index (κ2) is 20.8. The molecule has 0 amide bonds. The zero-order chi connectivity index (χ0) is 31.3. The summed E-state index contributed by atoms with van der Waals surface area (Å²) < 4.78 is 7.05. The summed E-state index contributed by atoms with van der Waals surface area (Å²) in [5.74, 6) is 0.894. The second-order valence-corrected chi connectivity index (χ2v) is 10.1. The molecule has 0 saturated heterocycles. The molecule has 0 aliphatic carbocycles. The van der Waals surface area contributed by atoms with Crippen molar-refractivity contribution in [3.63, 3.8) is 0 Å². The number of aldehydes is 1. The molecule has 8 heteroatoms. The summed E-state index contributed by atoms with van der Waals surface area (Å²) in [6.45, 7) is 9.81. The minimum Gasteiger partial charge on any atom is -0.381 e. The average molecular weight is 576 g/mol. The highest BCUT2D eigenvalue weighted by atomic mass is 16.5. The van der Waals surface area contributed by atoms with Gasteiger partial charge in [-0.25, -0.2) is 0 Å². The van der Waals surface area contributed by atoms with Crippen molar-refractivity contribution in [1.82, 2.24) is 15.3 Å². The Labute approximate surface area is 252 Å². The molecule has 0 aliphatic rings. The highest BCUT2D eigenvalue weighted by Gasteiger charge is 2.24. The number of nitrogens with one attached hydrogen (secondary N) is 2. The van der Waals surface area contributed by atoms with Gasteiger partial charge < -0.3 is 30.6 Å². The fourth-order valence-electron chi connectivity index (χ4n) is 4.56. The van der Waals surface area contributed by atoms with Crippen LogP contribution in [0.25, 0.3) is 5.69 Å². The van der Waals surface area contributed by atoms with E-state index in [2.05, 4.69) is 79.1 Å². The topological polar surface area (TPSA) is 111 Å². The minimum absolute atomic E-state index is 0.170. The van der Waals surface area contributed by atoms with Crippen LogP contribution in [-0.2, 0) is 9.53 Å². The number of carbonyl (C=O) groups excluding carboxylic acids is 2. The lowest BCUT2D eigenvalue weighted by atomic mass is 9.92. The van der Waals surface area contributed by atoms with Crippen molar-refractivity contribution in [2.75, 3.05) is 34.4 Å². The molecule has 0 saturated carbocycles. The van der Waals surface area contributed by atoms with Gasteiger partial charge in [0.1, 0.15) is 12.5 Å². The predicted molar refractivity (Wildman–Crippen MR) is 175 cm³/mol. The molecule has 0 bridgehead atoms. The molecule has 228 valence electrons. The molecule has 1 unspecified atom stereocenters. The smallest absolute Gasteiger partial charge is 0.168 e. The van der Waals surface area contributed by atoms with Gasteiger partial charge in [-0.05, 0) is 68.3 Å². The molecule has 0 radical (unpaired) electrons. The normalized spacial score (nSPS) is 11.8. The minimum atomic E-state index is 0.170. The molecule has 3 aromatic rings. The van der Waals surface area contributed by atoms with Crippen LogP contribution < -0.4 is 16.5 Å². The van der Waals surface area contributed by atoms with Crippen LogP contribution in [0, 0.1) is 6.92 Å². The van der Waals surface area contributed by atoms with Crippen LogP contribution in [0.3, 0.4) is 0 Å². The molecule has 2 aromatic carbocycles. The number of methoxy groups -OCH3 is 1. The summed E-state index contributed by atoms with van der Waals surface area (Å²) in [6.07, 6.45) is 10.0. The van der Waals surface area contributed by atoms with Gasteiger partial charge in [0.15, 0.2) is 12.1 Å². The van der Waals surface area contributed by atoms with Crippen LogP contribution in [0.4, 0.5) is 0 Å². The average Bonchev–Trinajstić information content (AvgIpc) is 3.40. The maximum Gasteiger partial charge on any atom is 0.168 e. The van der Waals surface area contributed by atoms with E-state index in [0.29, 0.717) is 23.8 Å². The fourth-order valence-corrected chi connectivity index (χ4v) is 4.56. The Morgan fingerprint density at radius 3 is 2.24 bits per heavy atom. The number of hydrazone groups is 1. The molecular weight excluding hydrogens is 526 g/mol. The third-order valence-electron chi connectivity index (χ3n) is 6.69. The first-order valence-electron chi connectivity index (χ1n) is 14.3. The monoisotopic (exact) mass is 575 g/mol. The van der Waals surface area contributed by atoms with E-state index in [4.69, 9.17) is 15.3 Å². The number of likely N-dealkylation sites (N-methyl/N-ethyl adjacent to an activating group) is 1. The van der Waals surface area contributed by atoms with Crippen molar-refractivity contribution in [3.8, 4) is 5.69 Å². The van der Waals surface area contributed by atoms with Crippen LogP contribution in [0.15, 0.2) is 78.0 Å². The van der Waals surface area contributed by atoms with Gasteiger partial charge in [-0.2, -0.15) is 5.10 Å². The maximum absolute atomic E-state index is 12.3. The summed E-state index contributed by atoms with van der Waals surface area (Å²) in [7, 11) is 5.32. The number of rotatable bonds is 14. The van der Waals surface area contributed by atoms with Gasteiger partial charge in [-0.1, -0.05) is 74.0 Å². The fraction of sp³-hybridized carbons (Fsp3) is 0.382. The SMILES string of the molecule is C=O.CNCC(CCC/C=C/COC)c1cn(-c2ccc(C(C)C)cc2)c(/C(N)=N\NC)c1C=O.Cc1ccccc1. The van der Waals surface area contributed by atoms with E-state index < -0.39 is 0 Å². The first-order chi connectivity index (χ1) is 20.4. The summed E-state index contributed by atoms with van der Waals surface area (Å²) in [4.78, 5) is 20.3. The number of hydrogen-bond acceptors (Lipinski definition) is 6. The van der Waals surface area contributed by atoms with Crippen LogP contribution in [0.1, 0.15) is 77.7 Å². The van der Waals surface area contributed by atoms with Gasteiger partial charge in [-0.3, -0.25) is 4.79 Å². The highest BCUT2D eigenvalue weighted by molar-refractivity contribution is 6.04. The number of allylic oxidation sites excluding steroid dienone is 1. The third kappa shape index (κ3) is 11.5. The van der Waals surface area contributed by atoms with Crippen molar-refractivity contribution in [2.45, 2.75) is 51.9 Å². The van der Waals surface area contributed by atoms with E-state index >= 15 is 0 Å². The summed E-state index contributed by atoms with van der Waals surface area (Å²) in [6, 6.07) is 18.6. The number of nitrogens with two attached hydrogens (primary N) is 1. The number of benzene rings is 2. The van der Waals surface area contributed by atoms with Crippen molar-refractivity contribution in [3.05, 3.63) is 101 Å². The molecule has 0 fully saturated rings. The van der Waals surface area contributed by atoms with Gasteiger partial charge in [0.25, 0.3) is 0 Å². The van der Waals surface area contributed by atoms with Gasteiger partial charge >= 0.3 is 0 Å². The predicted octanol–water partition coefficient (Wildman–Crippen LogP) is 5.74. The zero-order valence-electron chi connectivity index (χ0n) is 26.1. The lowest BCUT2D eigenvalue weighted by Gasteiger charge is -2.16. The quantitative estimate of drug-likeness (QED) is 0.0565. The number of aromatic nitrogens is 1. The number of unbranched alkanes of at least 4 members (excludes halogenated alkanes) is 1. The Morgan fingerprint density at radius 1 is 1.07 bits per heavy atom. The Kier molecular flexibility index (Phi) is 17.8. The van der Waals surface area contributed by atoms with E-state index in [0.717, 1.165) is 43.3 Å². The number of amidine groups is 1. The van der Waals surface area contributed by atoms with Crippen molar-refractivity contribution < 1.29 is 14.3 Å². The van der Waals surface area contributed by atoms with E-state index in [-0.39, 0.29) is 11.8 Å². The lowest BCUT2D eigenvalue weighted by Crippen LogP contribution is -2.22. The molecule has 1 heterocycles. The Hall–Kier alpha value is -4.01. The van der Waals surface area contributed by atoms with Crippen molar-refractivity contribution >= 4 is 18.9 Å².